The first-order valence-electron chi connectivity index (χ1n) is 8.44. The molecule has 1 aromatic carbocycles. The second-order valence-electron chi connectivity index (χ2n) is 6.55. The van der Waals surface area contributed by atoms with E-state index in [-0.39, 0.29) is 11.9 Å². The maximum Gasteiger partial charge on any atom is 0.289 e. The largest absolute Gasteiger partial charge is 0.459 e. The molecule has 2 aromatic rings. The summed E-state index contributed by atoms with van der Waals surface area (Å²) in [5.74, 6) is 0.467. The van der Waals surface area contributed by atoms with Gasteiger partial charge in [0.2, 0.25) is 0 Å². The Morgan fingerprint density at radius 3 is 2.61 bits per heavy atom. The Bertz CT molecular complexity index is 649. The molecule has 1 aliphatic heterocycles. The summed E-state index contributed by atoms with van der Waals surface area (Å²) in [6.45, 7) is 2.72. The summed E-state index contributed by atoms with van der Waals surface area (Å²) in [7, 11) is 0. The van der Waals surface area contributed by atoms with E-state index >= 15 is 0 Å². The summed E-state index contributed by atoms with van der Waals surface area (Å²) < 4.78 is 5.33. The molecule has 2 aliphatic rings. The van der Waals surface area contributed by atoms with Crippen LogP contribution >= 0.6 is 0 Å². The summed E-state index contributed by atoms with van der Waals surface area (Å²) in [6, 6.07) is 14.9. The molecule has 120 valence electrons. The molecule has 1 atom stereocenters. The molecule has 0 N–H and O–H groups in total. The van der Waals surface area contributed by atoms with E-state index in [0.717, 1.165) is 32.1 Å². The minimum absolute atomic E-state index is 0.0198. The number of furan rings is 1. The number of carbonyl (C=O) groups is 1. The zero-order chi connectivity index (χ0) is 15.6. The number of benzene rings is 1. The summed E-state index contributed by atoms with van der Waals surface area (Å²) in [5.41, 5.74) is 1.28. The molecule has 0 radical (unpaired) electrons. The summed E-state index contributed by atoms with van der Waals surface area (Å²) >= 11 is 0. The molecule has 1 aromatic heterocycles. The molecule has 23 heavy (non-hydrogen) atoms. The van der Waals surface area contributed by atoms with E-state index in [2.05, 4.69) is 29.2 Å². The molecule has 2 heterocycles. The third-order valence-electron chi connectivity index (χ3n) is 4.88. The number of rotatable bonds is 4. The second-order valence-corrected chi connectivity index (χ2v) is 6.55. The highest BCUT2D eigenvalue weighted by molar-refractivity contribution is 5.91. The van der Waals surface area contributed by atoms with Gasteiger partial charge in [-0.2, -0.15) is 0 Å². The van der Waals surface area contributed by atoms with Crippen LogP contribution in [0.4, 0.5) is 0 Å². The molecule has 0 bridgehead atoms. The molecule has 2 fully saturated rings. The topological polar surface area (TPSA) is 36.7 Å². The quantitative estimate of drug-likeness (QED) is 0.871. The fourth-order valence-corrected chi connectivity index (χ4v) is 3.52. The van der Waals surface area contributed by atoms with Crippen molar-refractivity contribution in [3.63, 3.8) is 0 Å². The van der Waals surface area contributed by atoms with Gasteiger partial charge in [0.15, 0.2) is 5.76 Å². The van der Waals surface area contributed by atoms with Crippen LogP contribution in [0.15, 0.2) is 53.1 Å². The van der Waals surface area contributed by atoms with Crippen molar-refractivity contribution < 1.29 is 9.21 Å². The average molecular weight is 310 g/mol. The zero-order valence-corrected chi connectivity index (χ0v) is 13.2. The van der Waals surface area contributed by atoms with Crippen LogP contribution < -0.4 is 0 Å². The maximum atomic E-state index is 12.8. The Balaban J connectivity index is 1.54. The number of piperazine rings is 1. The number of amides is 1. The van der Waals surface area contributed by atoms with Crippen molar-refractivity contribution >= 4 is 5.91 Å². The van der Waals surface area contributed by atoms with E-state index in [4.69, 9.17) is 4.42 Å². The lowest BCUT2D eigenvalue weighted by Gasteiger charge is -2.41. The van der Waals surface area contributed by atoms with Gasteiger partial charge in [-0.05, 0) is 37.0 Å². The van der Waals surface area contributed by atoms with Gasteiger partial charge in [-0.3, -0.25) is 9.69 Å². The highest BCUT2D eigenvalue weighted by Crippen LogP contribution is 2.30. The van der Waals surface area contributed by atoms with E-state index in [0.29, 0.717) is 5.76 Å². The summed E-state index contributed by atoms with van der Waals surface area (Å²) in [4.78, 5) is 17.3. The van der Waals surface area contributed by atoms with E-state index < -0.39 is 0 Å². The fourth-order valence-electron chi connectivity index (χ4n) is 3.52. The van der Waals surface area contributed by atoms with Crippen LogP contribution in [0.25, 0.3) is 0 Å². The van der Waals surface area contributed by atoms with Crippen molar-refractivity contribution in [2.75, 3.05) is 19.6 Å². The Kier molecular flexibility index (Phi) is 3.92. The summed E-state index contributed by atoms with van der Waals surface area (Å²) in [5, 5.41) is 0. The van der Waals surface area contributed by atoms with E-state index in [1.54, 1.807) is 18.4 Å². The first-order valence-corrected chi connectivity index (χ1v) is 8.44. The van der Waals surface area contributed by atoms with Crippen LogP contribution in [-0.2, 0) is 6.42 Å². The number of hydrogen-bond acceptors (Lipinski definition) is 3. The van der Waals surface area contributed by atoms with Crippen molar-refractivity contribution in [3.05, 3.63) is 60.1 Å². The van der Waals surface area contributed by atoms with Gasteiger partial charge < -0.3 is 9.32 Å². The van der Waals surface area contributed by atoms with Crippen LogP contribution in [0.5, 0.6) is 0 Å². The fraction of sp³-hybridized carbons (Fsp3) is 0.421. The van der Waals surface area contributed by atoms with E-state index in [1.807, 2.05) is 11.0 Å². The van der Waals surface area contributed by atoms with Crippen molar-refractivity contribution in [1.29, 1.82) is 0 Å². The molecular weight excluding hydrogens is 288 g/mol. The van der Waals surface area contributed by atoms with E-state index in [1.165, 1.54) is 18.4 Å². The van der Waals surface area contributed by atoms with Crippen LogP contribution in [0.2, 0.25) is 0 Å². The lowest BCUT2D eigenvalue weighted by atomic mass is 10.0. The lowest BCUT2D eigenvalue weighted by molar-refractivity contribution is 0.0409. The molecule has 1 amide bonds. The Labute approximate surface area is 136 Å². The van der Waals surface area contributed by atoms with Gasteiger partial charge in [-0.15, -0.1) is 0 Å². The average Bonchev–Trinajstić information content (AvgIpc) is 3.29. The van der Waals surface area contributed by atoms with Gasteiger partial charge in [0, 0.05) is 31.7 Å². The Morgan fingerprint density at radius 1 is 1.09 bits per heavy atom. The van der Waals surface area contributed by atoms with Crippen LogP contribution in [-0.4, -0.2) is 47.4 Å². The molecule has 1 unspecified atom stereocenters. The predicted octanol–water partition coefficient (Wildman–Crippen LogP) is 2.81. The van der Waals surface area contributed by atoms with Gasteiger partial charge in [-0.1, -0.05) is 30.3 Å². The molecule has 1 aliphatic carbocycles. The molecule has 4 heteroatoms. The maximum absolute atomic E-state index is 12.8. The first kappa shape index (κ1) is 14.5. The first-order chi connectivity index (χ1) is 11.3. The Morgan fingerprint density at radius 2 is 1.91 bits per heavy atom. The molecule has 0 spiro atoms. The minimum Gasteiger partial charge on any atom is -0.459 e. The monoisotopic (exact) mass is 310 g/mol. The number of hydrogen-bond donors (Lipinski definition) is 0. The van der Waals surface area contributed by atoms with E-state index in [9.17, 15) is 4.79 Å². The molecule has 4 rings (SSSR count). The number of carbonyl (C=O) groups excluding carboxylic acids is 1. The predicted molar refractivity (Wildman–Crippen MR) is 88.3 cm³/mol. The molecule has 1 saturated heterocycles. The lowest BCUT2D eigenvalue weighted by Crippen LogP contribution is -2.56. The highest BCUT2D eigenvalue weighted by Gasteiger charge is 2.37. The van der Waals surface area contributed by atoms with Gasteiger partial charge >= 0.3 is 0 Å². The third-order valence-corrected chi connectivity index (χ3v) is 4.88. The third kappa shape index (κ3) is 3.17. The van der Waals surface area contributed by atoms with Crippen LogP contribution in [0.1, 0.15) is 29.0 Å². The van der Waals surface area contributed by atoms with Crippen LogP contribution in [0.3, 0.4) is 0 Å². The normalized spacial score (nSPS) is 22.3. The second kappa shape index (κ2) is 6.20. The standard InChI is InChI=1S/C19H22N2O2/c22-19(18-7-4-12-23-18)21-11-10-20(16-8-9-16)14-17(21)13-15-5-2-1-3-6-15/h1-7,12,16-17H,8-11,13-14H2. The van der Waals surface area contributed by atoms with Crippen molar-refractivity contribution in [3.8, 4) is 0 Å². The molecule has 4 nitrogen and oxygen atoms in total. The molecule has 1 saturated carbocycles. The minimum atomic E-state index is 0.0198. The highest BCUT2D eigenvalue weighted by atomic mass is 16.3. The van der Waals surface area contributed by atoms with Gasteiger partial charge in [0.25, 0.3) is 5.91 Å². The smallest absolute Gasteiger partial charge is 0.289 e. The van der Waals surface area contributed by atoms with Crippen molar-refractivity contribution in [2.45, 2.75) is 31.3 Å². The van der Waals surface area contributed by atoms with Crippen LogP contribution in [0, 0.1) is 0 Å². The SMILES string of the molecule is O=C(c1ccco1)N1CCN(C2CC2)CC1Cc1ccccc1. The van der Waals surface area contributed by atoms with Crippen molar-refractivity contribution in [1.82, 2.24) is 9.80 Å². The molecular formula is C19H22N2O2. The summed E-state index contributed by atoms with van der Waals surface area (Å²) in [6.07, 6.45) is 5.09. The van der Waals surface area contributed by atoms with Gasteiger partial charge in [0.1, 0.15) is 0 Å². The van der Waals surface area contributed by atoms with Gasteiger partial charge in [-0.25, -0.2) is 0 Å². The number of nitrogens with zero attached hydrogens (tertiary/aromatic N) is 2. The Hall–Kier alpha value is -2.07. The van der Waals surface area contributed by atoms with Crippen molar-refractivity contribution in [2.24, 2.45) is 0 Å². The zero-order valence-electron chi connectivity index (χ0n) is 13.2. The van der Waals surface area contributed by atoms with Gasteiger partial charge in [0.05, 0.1) is 6.26 Å².